The molecule has 0 spiro atoms. The molecule has 1 heterocycles. The molecule has 0 aliphatic carbocycles. The number of aromatic nitrogens is 3. The van der Waals surface area contributed by atoms with Crippen LogP contribution in [0.4, 0.5) is 13.2 Å². The third kappa shape index (κ3) is 2.64. The molecular weight excluding hydrogens is 267 g/mol. The maximum atomic E-state index is 12.4. The second-order valence-corrected chi connectivity index (χ2v) is 4.40. The quantitative estimate of drug-likeness (QED) is 0.784. The van der Waals surface area contributed by atoms with Crippen molar-refractivity contribution in [2.75, 3.05) is 0 Å². The molecule has 1 aromatic heterocycles. The van der Waals surface area contributed by atoms with Gasteiger partial charge in [-0.2, -0.15) is 13.2 Å². The largest absolute Gasteiger partial charge is 0.416 e. The van der Waals surface area contributed by atoms with Crippen LogP contribution < -0.4 is 0 Å². The Hall–Kier alpha value is -1.56. The smallest absolute Gasteiger partial charge is 0.220 e. The van der Waals surface area contributed by atoms with E-state index in [1.54, 1.807) is 13.1 Å². The van der Waals surface area contributed by atoms with Gasteiger partial charge in [0.2, 0.25) is 0 Å². The lowest BCUT2D eigenvalue weighted by atomic mass is 10.2. The zero-order valence-electron chi connectivity index (χ0n) is 9.32. The fraction of sp³-hybridized carbons (Fsp3) is 0.273. The van der Waals surface area contributed by atoms with Gasteiger partial charge in [0.05, 0.1) is 22.8 Å². The number of nitrogens with zero attached hydrogens (tertiary/aromatic N) is 3. The second kappa shape index (κ2) is 4.61. The van der Waals surface area contributed by atoms with Crippen LogP contribution in [0.15, 0.2) is 30.5 Å². The van der Waals surface area contributed by atoms with E-state index >= 15 is 0 Å². The maximum Gasteiger partial charge on any atom is 0.416 e. The molecule has 18 heavy (non-hydrogen) atoms. The van der Waals surface area contributed by atoms with Gasteiger partial charge in [0.1, 0.15) is 5.69 Å². The predicted octanol–water partition coefficient (Wildman–Crippen LogP) is 3.59. The van der Waals surface area contributed by atoms with Gasteiger partial charge < -0.3 is 0 Å². The summed E-state index contributed by atoms with van der Waals surface area (Å²) in [7, 11) is 0. The Bertz CT molecular complexity index is 531. The monoisotopic (exact) mass is 275 g/mol. The summed E-state index contributed by atoms with van der Waals surface area (Å²) in [5.41, 5.74) is 0.368. The molecule has 1 unspecified atom stereocenters. The summed E-state index contributed by atoms with van der Waals surface area (Å²) < 4.78 is 38.5. The molecule has 1 aromatic carbocycles. The van der Waals surface area contributed by atoms with Crippen molar-refractivity contribution in [3.8, 4) is 5.69 Å². The zero-order valence-corrected chi connectivity index (χ0v) is 10.1. The highest BCUT2D eigenvalue weighted by atomic mass is 35.5. The molecule has 0 radical (unpaired) electrons. The summed E-state index contributed by atoms with van der Waals surface area (Å²) in [6.07, 6.45) is -2.75. The summed E-state index contributed by atoms with van der Waals surface area (Å²) >= 11 is 5.82. The standard InChI is InChI=1S/C11H9ClF3N3/c1-7(12)10-6-18(17-16-10)9-4-2-8(3-5-9)11(13,14)15/h2-7H,1H3. The van der Waals surface area contributed by atoms with Crippen LogP contribution in [-0.4, -0.2) is 15.0 Å². The Morgan fingerprint density at radius 2 is 1.83 bits per heavy atom. The number of hydrogen-bond acceptors (Lipinski definition) is 2. The van der Waals surface area contributed by atoms with Crippen LogP contribution in [0.1, 0.15) is 23.6 Å². The number of hydrogen-bond donors (Lipinski definition) is 0. The summed E-state index contributed by atoms with van der Waals surface area (Å²) in [4.78, 5) is 0. The first-order chi connectivity index (χ1) is 8.38. The Morgan fingerprint density at radius 3 is 2.28 bits per heavy atom. The van der Waals surface area contributed by atoms with Crippen LogP contribution in [-0.2, 0) is 6.18 Å². The molecule has 1 atom stereocenters. The summed E-state index contributed by atoms with van der Waals surface area (Å²) in [5.74, 6) is 0. The van der Waals surface area contributed by atoms with E-state index in [1.165, 1.54) is 16.8 Å². The van der Waals surface area contributed by atoms with E-state index in [2.05, 4.69) is 10.3 Å². The summed E-state index contributed by atoms with van der Waals surface area (Å²) in [5, 5.41) is 7.32. The Kier molecular flexibility index (Phi) is 3.30. The van der Waals surface area contributed by atoms with E-state index in [0.717, 1.165) is 12.1 Å². The fourth-order valence-electron chi connectivity index (χ4n) is 1.39. The highest BCUT2D eigenvalue weighted by molar-refractivity contribution is 6.20. The summed E-state index contributed by atoms with van der Waals surface area (Å²) in [6, 6.07) is 4.67. The van der Waals surface area contributed by atoms with E-state index in [4.69, 9.17) is 11.6 Å². The molecule has 0 amide bonds. The predicted molar refractivity (Wildman–Crippen MR) is 60.6 cm³/mol. The van der Waals surface area contributed by atoms with Crippen LogP contribution >= 0.6 is 11.6 Å². The van der Waals surface area contributed by atoms with Gasteiger partial charge in [0.25, 0.3) is 0 Å². The lowest BCUT2D eigenvalue weighted by Gasteiger charge is -2.07. The van der Waals surface area contributed by atoms with Gasteiger partial charge in [0, 0.05) is 0 Å². The molecule has 0 aliphatic rings. The van der Waals surface area contributed by atoms with Crippen LogP contribution in [0.5, 0.6) is 0 Å². The molecule has 96 valence electrons. The molecule has 0 saturated carbocycles. The zero-order chi connectivity index (χ0) is 13.3. The SMILES string of the molecule is CC(Cl)c1cn(-c2ccc(C(F)(F)F)cc2)nn1. The lowest BCUT2D eigenvalue weighted by Crippen LogP contribution is -2.05. The molecule has 0 fully saturated rings. The third-order valence-electron chi connectivity index (χ3n) is 2.38. The Balaban J connectivity index is 2.29. The Labute approximate surface area is 106 Å². The Morgan fingerprint density at radius 1 is 1.22 bits per heavy atom. The molecule has 7 heteroatoms. The molecular formula is C11H9ClF3N3. The van der Waals surface area contributed by atoms with Crippen LogP contribution in [0, 0.1) is 0 Å². The highest BCUT2D eigenvalue weighted by Gasteiger charge is 2.30. The van der Waals surface area contributed by atoms with E-state index in [9.17, 15) is 13.2 Å². The maximum absolute atomic E-state index is 12.4. The average molecular weight is 276 g/mol. The van der Waals surface area contributed by atoms with Gasteiger partial charge in [0.15, 0.2) is 0 Å². The average Bonchev–Trinajstić information content (AvgIpc) is 2.77. The highest BCUT2D eigenvalue weighted by Crippen LogP contribution is 2.29. The van der Waals surface area contributed by atoms with Crippen molar-refractivity contribution in [2.24, 2.45) is 0 Å². The molecule has 2 aromatic rings. The molecule has 0 aliphatic heterocycles. The van der Waals surface area contributed by atoms with E-state index in [0.29, 0.717) is 11.4 Å². The number of benzene rings is 1. The van der Waals surface area contributed by atoms with Crippen molar-refractivity contribution in [1.82, 2.24) is 15.0 Å². The minimum atomic E-state index is -4.34. The van der Waals surface area contributed by atoms with E-state index in [1.807, 2.05) is 0 Å². The lowest BCUT2D eigenvalue weighted by molar-refractivity contribution is -0.137. The van der Waals surface area contributed by atoms with Crippen molar-refractivity contribution in [2.45, 2.75) is 18.5 Å². The van der Waals surface area contributed by atoms with Crippen LogP contribution in [0.25, 0.3) is 5.69 Å². The van der Waals surface area contributed by atoms with Gasteiger partial charge >= 0.3 is 6.18 Å². The number of rotatable bonds is 2. The van der Waals surface area contributed by atoms with Crippen LogP contribution in [0.2, 0.25) is 0 Å². The van der Waals surface area contributed by atoms with E-state index < -0.39 is 11.7 Å². The van der Waals surface area contributed by atoms with Crippen molar-refractivity contribution in [1.29, 1.82) is 0 Å². The minimum Gasteiger partial charge on any atom is -0.220 e. The molecule has 0 saturated heterocycles. The first-order valence-corrected chi connectivity index (χ1v) is 5.55. The van der Waals surface area contributed by atoms with Crippen molar-refractivity contribution in [3.63, 3.8) is 0 Å². The van der Waals surface area contributed by atoms with Gasteiger partial charge in [-0.05, 0) is 31.2 Å². The number of halogens is 4. The van der Waals surface area contributed by atoms with Crippen molar-refractivity contribution >= 4 is 11.6 Å². The third-order valence-corrected chi connectivity index (χ3v) is 2.60. The van der Waals surface area contributed by atoms with Gasteiger partial charge in [-0.3, -0.25) is 0 Å². The van der Waals surface area contributed by atoms with Crippen LogP contribution in [0.3, 0.4) is 0 Å². The van der Waals surface area contributed by atoms with Gasteiger partial charge in [-0.15, -0.1) is 16.7 Å². The first-order valence-electron chi connectivity index (χ1n) is 5.12. The minimum absolute atomic E-state index is 0.298. The molecule has 3 nitrogen and oxygen atoms in total. The summed E-state index contributed by atoms with van der Waals surface area (Å²) in [6.45, 7) is 1.74. The van der Waals surface area contributed by atoms with Crippen molar-refractivity contribution in [3.05, 3.63) is 41.7 Å². The first kappa shape index (κ1) is 12.9. The number of alkyl halides is 4. The van der Waals surface area contributed by atoms with E-state index in [-0.39, 0.29) is 5.38 Å². The second-order valence-electron chi connectivity index (χ2n) is 3.75. The molecule has 0 N–H and O–H groups in total. The van der Waals surface area contributed by atoms with Gasteiger partial charge in [-0.1, -0.05) is 5.21 Å². The van der Waals surface area contributed by atoms with Gasteiger partial charge in [-0.25, -0.2) is 4.68 Å². The normalized spacial score (nSPS) is 13.6. The fourth-order valence-corrected chi connectivity index (χ4v) is 1.49. The topological polar surface area (TPSA) is 30.7 Å². The molecule has 2 rings (SSSR count). The molecule has 0 bridgehead atoms. The van der Waals surface area contributed by atoms with Crippen molar-refractivity contribution < 1.29 is 13.2 Å².